The van der Waals surface area contributed by atoms with Gasteiger partial charge in [-0.05, 0) is 47.9 Å². The van der Waals surface area contributed by atoms with E-state index in [1.807, 2.05) is 47.8 Å². The number of nitrogens with zero attached hydrogens (tertiary/aromatic N) is 2. The summed E-state index contributed by atoms with van der Waals surface area (Å²) < 4.78 is 14.2. The molecule has 1 aromatic heterocycles. The molecule has 6 heteroatoms. The molecule has 4 nitrogen and oxygen atoms in total. The lowest BCUT2D eigenvalue weighted by Gasteiger charge is -2.28. The number of halogens is 1. The standard InChI is InChI=1S/C25H25FN2O2S/c26-23-11-5-4-10-22(23)25(30)28(16-20-12-13-20)18-24(29)27(17-21-9-6-14-31-21)15-19-7-2-1-3-8-19/h1-11,14,20H,12-13,15-18H2. The van der Waals surface area contributed by atoms with Crippen molar-refractivity contribution in [1.29, 1.82) is 0 Å². The first-order valence-corrected chi connectivity index (χ1v) is 11.4. The first-order valence-electron chi connectivity index (χ1n) is 10.5. The van der Waals surface area contributed by atoms with Crippen LogP contribution < -0.4 is 0 Å². The molecule has 0 unspecified atom stereocenters. The normalized spacial score (nSPS) is 13.1. The molecule has 0 atom stereocenters. The highest BCUT2D eigenvalue weighted by molar-refractivity contribution is 7.09. The maximum atomic E-state index is 14.2. The molecule has 2 amide bonds. The van der Waals surface area contributed by atoms with Crippen LogP contribution >= 0.6 is 11.3 Å². The molecule has 1 saturated carbocycles. The second-order valence-electron chi connectivity index (χ2n) is 7.92. The number of benzene rings is 2. The average Bonchev–Trinajstić information content (AvgIpc) is 3.45. The Morgan fingerprint density at radius 1 is 0.903 bits per heavy atom. The zero-order valence-corrected chi connectivity index (χ0v) is 18.1. The van der Waals surface area contributed by atoms with Crippen molar-refractivity contribution in [3.05, 3.63) is 93.9 Å². The van der Waals surface area contributed by atoms with Crippen LogP contribution in [0.25, 0.3) is 0 Å². The van der Waals surface area contributed by atoms with E-state index >= 15 is 0 Å². The minimum atomic E-state index is -0.555. The lowest BCUT2D eigenvalue weighted by atomic mass is 10.1. The fraction of sp³-hybridized carbons (Fsp3) is 0.280. The van der Waals surface area contributed by atoms with Crippen LogP contribution in [0.3, 0.4) is 0 Å². The van der Waals surface area contributed by atoms with Gasteiger partial charge in [0.1, 0.15) is 12.4 Å². The molecule has 1 heterocycles. The van der Waals surface area contributed by atoms with Gasteiger partial charge in [0.25, 0.3) is 5.91 Å². The second-order valence-corrected chi connectivity index (χ2v) is 8.96. The van der Waals surface area contributed by atoms with Crippen molar-refractivity contribution < 1.29 is 14.0 Å². The molecule has 1 aliphatic rings. The summed E-state index contributed by atoms with van der Waals surface area (Å²) in [6.45, 7) is 1.37. The Kier molecular flexibility index (Phi) is 6.77. The highest BCUT2D eigenvalue weighted by atomic mass is 32.1. The number of thiophene rings is 1. The van der Waals surface area contributed by atoms with Crippen LogP contribution in [0.5, 0.6) is 0 Å². The summed E-state index contributed by atoms with van der Waals surface area (Å²) in [4.78, 5) is 30.8. The molecule has 31 heavy (non-hydrogen) atoms. The third kappa shape index (κ3) is 5.79. The number of amides is 2. The molecule has 0 radical (unpaired) electrons. The van der Waals surface area contributed by atoms with E-state index in [-0.39, 0.29) is 18.0 Å². The van der Waals surface area contributed by atoms with Crippen LogP contribution in [0.15, 0.2) is 72.1 Å². The Balaban J connectivity index is 1.53. The SMILES string of the molecule is O=C(CN(CC1CC1)C(=O)c1ccccc1F)N(Cc1ccccc1)Cc1cccs1. The van der Waals surface area contributed by atoms with Crippen molar-refractivity contribution >= 4 is 23.2 Å². The van der Waals surface area contributed by atoms with E-state index in [2.05, 4.69) is 0 Å². The monoisotopic (exact) mass is 436 g/mol. The largest absolute Gasteiger partial charge is 0.332 e. The molecule has 160 valence electrons. The molecule has 1 fully saturated rings. The van der Waals surface area contributed by atoms with Gasteiger partial charge >= 0.3 is 0 Å². The minimum Gasteiger partial charge on any atom is -0.332 e. The predicted octanol–water partition coefficient (Wildman–Crippen LogP) is 4.97. The molecule has 1 aliphatic carbocycles. The molecular weight excluding hydrogens is 411 g/mol. The van der Waals surface area contributed by atoms with Crippen molar-refractivity contribution in [2.24, 2.45) is 5.92 Å². The van der Waals surface area contributed by atoms with Gasteiger partial charge in [0.2, 0.25) is 5.91 Å². The molecule has 3 aromatic rings. The molecule has 0 N–H and O–H groups in total. The van der Waals surface area contributed by atoms with E-state index in [1.54, 1.807) is 28.4 Å². The summed E-state index contributed by atoms with van der Waals surface area (Å²) in [5.74, 6) is -0.722. The number of hydrogen-bond acceptors (Lipinski definition) is 3. The molecule has 2 aromatic carbocycles. The van der Waals surface area contributed by atoms with Gasteiger partial charge in [-0.25, -0.2) is 4.39 Å². The van der Waals surface area contributed by atoms with Crippen molar-refractivity contribution in [3.8, 4) is 0 Å². The van der Waals surface area contributed by atoms with Crippen molar-refractivity contribution in [2.45, 2.75) is 25.9 Å². The van der Waals surface area contributed by atoms with Crippen molar-refractivity contribution in [3.63, 3.8) is 0 Å². The lowest BCUT2D eigenvalue weighted by Crippen LogP contribution is -2.43. The molecule has 0 saturated heterocycles. The highest BCUT2D eigenvalue weighted by Crippen LogP contribution is 2.30. The van der Waals surface area contributed by atoms with E-state index in [0.29, 0.717) is 25.6 Å². The van der Waals surface area contributed by atoms with E-state index < -0.39 is 11.7 Å². The molecule has 0 aliphatic heterocycles. The summed E-state index contributed by atoms with van der Waals surface area (Å²) in [5, 5.41) is 1.99. The summed E-state index contributed by atoms with van der Waals surface area (Å²) in [5.41, 5.74) is 1.05. The van der Waals surface area contributed by atoms with Gasteiger partial charge < -0.3 is 9.80 Å². The first kappa shape index (κ1) is 21.2. The fourth-order valence-corrected chi connectivity index (χ4v) is 4.25. The van der Waals surface area contributed by atoms with E-state index in [1.165, 1.54) is 17.0 Å². The maximum Gasteiger partial charge on any atom is 0.257 e. The van der Waals surface area contributed by atoms with Gasteiger partial charge in [0, 0.05) is 18.0 Å². The van der Waals surface area contributed by atoms with Gasteiger partial charge in [-0.3, -0.25) is 9.59 Å². The first-order chi connectivity index (χ1) is 15.1. The third-order valence-electron chi connectivity index (χ3n) is 5.39. The zero-order valence-electron chi connectivity index (χ0n) is 17.2. The Morgan fingerprint density at radius 2 is 1.65 bits per heavy atom. The van der Waals surface area contributed by atoms with Crippen LogP contribution in [0.1, 0.15) is 33.6 Å². The van der Waals surface area contributed by atoms with Crippen LogP contribution in [-0.2, 0) is 17.9 Å². The Hall–Kier alpha value is -2.99. The van der Waals surface area contributed by atoms with Gasteiger partial charge in [-0.2, -0.15) is 0 Å². The van der Waals surface area contributed by atoms with Crippen LogP contribution in [0.4, 0.5) is 4.39 Å². The van der Waals surface area contributed by atoms with Crippen LogP contribution in [0.2, 0.25) is 0 Å². The third-order valence-corrected chi connectivity index (χ3v) is 6.25. The summed E-state index contributed by atoms with van der Waals surface area (Å²) in [7, 11) is 0. The van der Waals surface area contributed by atoms with Gasteiger partial charge in [-0.15, -0.1) is 11.3 Å². The predicted molar refractivity (Wildman–Crippen MR) is 120 cm³/mol. The maximum absolute atomic E-state index is 14.2. The second kappa shape index (κ2) is 9.88. The summed E-state index contributed by atoms with van der Waals surface area (Å²) in [6.07, 6.45) is 2.08. The number of rotatable bonds is 9. The average molecular weight is 437 g/mol. The summed E-state index contributed by atoms with van der Waals surface area (Å²) >= 11 is 1.60. The van der Waals surface area contributed by atoms with E-state index in [0.717, 1.165) is 23.3 Å². The van der Waals surface area contributed by atoms with E-state index in [4.69, 9.17) is 0 Å². The van der Waals surface area contributed by atoms with Crippen molar-refractivity contribution in [2.75, 3.05) is 13.1 Å². The molecule has 4 rings (SSSR count). The lowest BCUT2D eigenvalue weighted by molar-refractivity contribution is -0.133. The molecule has 0 bridgehead atoms. The van der Waals surface area contributed by atoms with Crippen LogP contribution in [-0.4, -0.2) is 34.7 Å². The van der Waals surface area contributed by atoms with E-state index in [9.17, 15) is 14.0 Å². The van der Waals surface area contributed by atoms with Crippen molar-refractivity contribution in [1.82, 2.24) is 9.80 Å². The smallest absolute Gasteiger partial charge is 0.257 e. The quantitative estimate of drug-likeness (QED) is 0.475. The van der Waals surface area contributed by atoms with Crippen LogP contribution in [0, 0.1) is 11.7 Å². The number of carbonyl (C=O) groups excluding carboxylic acids is 2. The van der Waals surface area contributed by atoms with Gasteiger partial charge in [0.15, 0.2) is 0 Å². The fourth-order valence-electron chi connectivity index (χ4n) is 3.53. The van der Waals surface area contributed by atoms with Gasteiger partial charge in [0.05, 0.1) is 12.1 Å². The minimum absolute atomic E-state index is 0.0174. The molecular formula is C25H25FN2O2S. The summed E-state index contributed by atoms with van der Waals surface area (Å²) in [6, 6.07) is 19.8. The Morgan fingerprint density at radius 3 is 2.32 bits per heavy atom. The highest BCUT2D eigenvalue weighted by Gasteiger charge is 2.30. The Labute approximate surface area is 185 Å². The van der Waals surface area contributed by atoms with Gasteiger partial charge in [-0.1, -0.05) is 48.5 Å². The number of hydrogen-bond donors (Lipinski definition) is 0. The molecule has 0 spiro atoms. The topological polar surface area (TPSA) is 40.6 Å². The Bertz CT molecular complexity index is 1020. The number of carbonyl (C=O) groups is 2. The zero-order chi connectivity index (χ0) is 21.6.